The molecule has 0 bridgehead atoms. The van der Waals surface area contributed by atoms with E-state index in [-0.39, 0.29) is 68.0 Å². The molecule has 286 valence electrons. The lowest BCUT2D eigenvalue weighted by Gasteiger charge is -2.39. The number of urea groups is 1. The number of hydrogen-bond acceptors (Lipinski definition) is 7. The van der Waals surface area contributed by atoms with Crippen LogP contribution in [0.3, 0.4) is 0 Å². The summed E-state index contributed by atoms with van der Waals surface area (Å²) in [5.41, 5.74) is -1.32. The second-order valence-corrected chi connectivity index (χ2v) is 17.3. The van der Waals surface area contributed by atoms with Crippen molar-refractivity contribution >= 4 is 41.4 Å². The molecule has 1 saturated carbocycles. The summed E-state index contributed by atoms with van der Waals surface area (Å²) in [4.78, 5) is 96.5. The number of ketones is 1. The predicted octanol–water partition coefficient (Wildman–Crippen LogP) is 3.32. The quantitative estimate of drug-likeness (QED) is 0.121. The first-order chi connectivity index (χ1) is 23.7. The van der Waals surface area contributed by atoms with E-state index in [1.54, 1.807) is 0 Å². The average molecular weight is 715 g/mol. The molecule has 2 heterocycles. The summed E-state index contributed by atoms with van der Waals surface area (Å²) in [6, 6.07) is -4.27. The van der Waals surface area contributed by atoms with Crippen LogP contribution in [0.2, 0.25) is 0 Å². The van der Waals surface area contributed by atoms with Crippen molar-refractivity contribution in [3.05, 3.63) is 12.7 Å². The molecule has 4 N–H and O–H groups in total. The van der Waals surface area contributed by atoms with Crippen molar-refractivity contribution in [2.24, 2.45) is 34.5 Å². The summed E-state index contributed by atoms with van der Waals surface area (Å²) in [6.07, 6.45) is 5.71. The molecule has 0 aromatic rings. The third kappa shape index (κ3) is 10.6. The molecule has 2 saturated heterocycles. The summed E-state index contributed by atoms with van der Waals surface area (Å²) in [6.45, 7) is 21.1. The Morgan fingerprint density at radius 2 is 1.51 bits per heavy atom. The highest BCUT2D eigenvalue weighted by Gasteiger charge is 2.51. The monoisotopic (exact) mass is 714 g/mol. The van der Waals surface area contributed by atoms with Crippen molar-refractivity contribution < 1.29 is 33.6 Å². The molecule has 3 rings (SSSR count). The summed E-state index contributed by atoms with van der Waals surface area (Å²) in [5, 5.41) is 11.2. The van der Waals surface area contributed by atoms with Crippen LogP contribution in [0.25, 0.3) is 0 Å². The van der Waals surface area contributed by atoms with Gasteiger partial charge in [-0.1, -0.05) is 87.7 Å². The van der Waals surface area contributed by atoms with E-state index in [1.165, 1.54) is 15.9 Å². The molecule has 3 aliphatic rings. The van der Waals surface area contributed by atoms with Crippen molar-refractivity contribution in [1.82, 2.24) is 31.1 Å². The van der Waals surface area contributed by atoms with Gasteiger partial charge in [0.15, 0.2) is 0 Å². The third-order valence-electron chi connectivity index (χ3n) is 10.7. The molecular formula is C38H62N6O7. The van der Waals surface area contributed by atoms with E-state index in [0.717, 1.165) is 19.3 Å². The lowest BCUT2D eigenvalue weighted by atomic mass is 9.79. The Kier molecular flexibility index (Phi) is 14.0. The number of carbonyl (C=O) groups is 7. The highest BCUT2D eigenvalue weighted by molar-refractivity contribution is 6.38. The van der Waals surface area contributed by atoms with E-state index < -0.39 is 64.5 Å². The Bertz CT molecular complexity index is 1330. The van der Waals surface area contributed by atoms with E-state index in [4.69, 9.17) is 0 Å². The lowest BCUT2D eigenvalue weighted by molar-refractivity contribution is -0.148. The van der Waals surface area contributed by atoms with Crippen LogP contribution in [-0.2, 0) is 28.8 Å². The Morgan fingerprint density at radius 3 is 2.00 bits per heavy atom. The van der Waals surface area contributed by atoms with Crippen LogP contribution >= 0.6 is 0 Å². The SMILES string of the molecule is C=CCNC(=O)C(=O)C(CC1CCC1)NC(=O)[C@@H]1[C@@H](C(C)C)[C@@H](C)CN1C(=O)[C@@H](NC(=O)N[C@H](CN1C(=O)CCCC1=O)C(C)(C)C)C(C)(C)C. The van der Waals surface area contributed by atoms with Crippen molar-refractivity contribution in [3.8, 4) is 0 Å². The minimum atomic E-state index is -1.05. The van der Waals surface area contributed by atoms with Gasteiger partial charge in [0.25, 0.3) is 5.91 Å². The number of hydrogen-bond donors (Lipinski definition) is 4. The fraction of sp³-hybridized carbons (Fsp3) is 0.763. The van der Waals surface area contributed by atoms with Gasteiger partial charge < -0.3 is 26.2 Å². The lowest BCUT2D eigenvalue weighted by Crippen LogP contribution is -2.62. The van der Waals surface area contributed by atoms with Gasteiger partial charge in [-0.15, -0.1) is 6.58 Å². The molecule has 3 fully saturated rings. The standard InChI is InChI=1S/C38H62N6O7/c1-11-18-39-34(49)31(47)25(19-24-14-12-15-24)40-33(48)30-29(22(2)3)23(4)20-44(30)35(50)32(38(8,9)10)42-36(51)41-26(37(5,6)7)21-43-27(45)16-13-17-28(43)46/h11,22-26,29-30,32H,1,12-21H2,2-10H3,(H,39,49)(H,40,48)(H2,41,42,51)/t23-,25?,26+,29-,30-,32+/m0/s1. The Hall–Kier alpha value is -3.77. The number of nitrogens with zero attached hydrogens (tertiary/aromatic N) is 2. The van der Waals surface area contributed by atoms with Crippen LogP contribution in [0.1, 0.15) is 107 Å². The van der Waals surface area contributed by atoms with Crippen molar-refractivity contribution in [3.63, 3.8) is 0 Å². The molecule has 2 aliphatic heterocycles. The number of piperidine rings is 1. The molecule has 0 radical (unpaired) electrons. The second kappa shape index (κ2) is 17.2. The normalized spacial score (nSPS) is 23.2. The number of amides is 7. The molecule has 13 heteroatoms. The Morgan fingerprint density at radius 1 is 0.902 bits per heavy atom. The number of rotatable bonds is 14. The van der Waals surface area contributed by atoms with Gasteiger partial charge in [0.2, 0.25) is 29.4 Å². The van der Waals surface area contributed by atoms with Gasteiger partial charge in [0, 0.05) is 32.5 Å². The van der Waals surface area contributed by atoms with Gasteiger partial charge in [0.05, 0.1) is 12.1 Å². The van der Waals surface area contributed by atoms with E-state index in [2.05, 4.69) is 27.8 Å². The molecule has 13 nitrogen and oxygen atoms in total. The minimum Gasteiger partial charge on any atom is -0.346 e. The molecule has 6 atom stereocenters. The van der Waals surface area contributed by atoms with Crippen LogP contribution in [0.5, 0.6) is 0 Å². The maximum absolute atomic E-state index is 14.6. The molecule has 1 unspecified atom stereocenters. The first-order valence-corrected chi connectivity index (χ1v) is 18.6. The molecule has 1 aliphatic carbocycles. The van der Waals surface area contributed by atoms with Crippen LogP contribution < -0.4 is 21.3 Å². The smallest absolute Gasteiger partial charge is 0.315 e. The summed E-state index contributed by atoms with van der Waals surface area (Å²) in [5.74, 6) is -3.10. The predicted molar refractivity (Wildman–Crippen MR) is 194 cm³/mol. The van der Waals surface area contributed by atoms with Gasteiger partial charge in [-0.05, 0) is 47.3 Å². The molecular weight excluding hydrogens is 652 g/mol. The van der Waals surface area contributed by atoms with Gasteiger partial charge >= 0.3 is 6.03 Å². The first-order valence-electron chi connectivity index (χ1n) is 18.6. The van der Waals surface area contributed by atoms with E-state index >= 15 is 0 Å². The first kappa shape index (κ1) is 41.6. The van der Waals surface area contributed by atoms with Crippen LogP contribution in [-0.4, -0.2) is 95.0 Å². The fourth-order valence-electron chi connectivity index (χ4n) is 7.46. The fourth-order valence-corrected chi connectivity index (χ4v) is 7.46. The molecule has 51 heavy (non-hydrogen) atoms. The van der Waals surface area contributed by atoms with Crippen molar-refractivity contribution in [2.45, 2.75) is 131 Å². The number of imide groups is 1. The van der Waals surface area contributed by atoms with E-state index in [9.17, 15) is 33.6 Å². The maximum atomic E-state index is 14.6. The van der Waals surface area contributed by atoms with Crippen LogP contribution in [0.4, 0.5) is 4.79 Å². The maximum Gasteiger partial charge on any atom is 0.315 e. The molecule has 0 spiro atoms. The van der Waals surface area contributed by atoms with E-state index in [1.807, 2.05) is 62.3 Å². The van der Waals surface area contributed by atoms with Crippen LogP contribution in [0, 0.1) is 34.5 Å². The largest absolute Gasteiger partial charge is 0.346 e. The van der Waals surface area contributed by atoms with E-state index in [0.29, 0.717) is 12.8 Å². The third-order valence-corrected chi connectivity index (χ3v) is 10.7. The average Bonchev–Trinajstić information content (AvgIpc) is 3.36. The number of Topliss-reactive ketones (excluding diaryl/α,β-unsaturated/α-hetero) is 1. The Balaban J connectivity index is 1.87. The summed E-state index contributed by atoms with van der Waals surface area (Å²) in [7, 11) is 0. The van der Waals surface area contributed by atoms with Crippen LogP contribution in [0.15, 0.2) is 12.7 Å². The van der Waals surface area contributed by atoms with Crippen molar-refractivity contribution in [2.75, 3.05) is 19.6 Å². The molecule has 7 amide bonds. The highest BCUT2D eigenvalue weighted by atomic mass is 16.2. The highest BCUT2D eigenvalue weighted by Crippen LogP contribution is 2.38. The van der Waals surface area contributed by atoms with Gasteiger partial charge in [-0.2, -0.15) is 0 Å². The number of nitrogens with one attached hydrogen (secondary N) is 4. The van der Waals surface area contributed by atoms with Gasteiger partial charge in [-0.25, -0.2) is 4.79 Å². The second-order valence-electron chi connectivity index (χ2n) is 17.3. The zero-order valence-corrected chi connectivity index (χ0v) is 32.2. The molecule has 0 aromatic carbocycles. The summed E-state index contributed by atoms with van der Waals surface area (Å²) >= 11 is 0. The number of carbonyl (C=O) groups excluding carboxylic acids is 7. The topological polar surface area (TPSA) is 174 Å². The van der Waals surface area contributed by atoms with Gasteiger partial charge in [-0.3, -0.25) is 33.7 Å². The minimum absolute atomic E-state index is 0.00215. The zero-order chi connectivity index (χ0) is 38.4. The Labute approximate surface area is 303 Å². The van der Waals surface area contributed by atoms with Crippen molar-refractivity contribution in [1.29, 1.82) is 0 Å². The van der Waals surface area contributed by atoms with Gasteiger partial charge in [0.1, 0.15) is 12.1 Å². The number of likely N-dealkylation sites (tertiary alicyclic amines) is 2. The zero-order valence-electron chi connectivity index (χ0n) is 32.2. The summed E-state index contributed by atoms with van der Waals surface area (Å²) < 4.78 is 0. The molecule has 0 aromatic heterocycles.